The van der Waals surface area contributed by atoms with Crippen molar-refractivity contribution < 1.29 is 18.8 Å². The predicted octanol–water partition coefficient (Wildman–Crippen LogP) is 1.72. The molecule has 31 heavy (non-hydrogen) atoms. The highest BCUT2D eigenvalue weighted by atomic mass is 19.1. The van der Waals surface area contributed by atoms with E-state index in [2.05, 4.69) is 15.6 Å². The molecule has 0 radical (unpaired) electrons. The van der Waals surface area contributed by atoms with Crippen LogP contribution in [0, 0.1) is 5.82 Å². The summed E-state index contributed by atoms with van der Waals surface area (Å²) >= 11 is 0. The summed E-state index contributed by atoms with van der Waals surface area (Å²) in [7, 11) is 0. The van der Waals surface area contributed by atoms with Crippen molar-refractivity contribution in [3.8, 4) is 0 Å². The molecule has 1 aromatic carbocycles. The number of aromatic nitrogens is 1. The van der Waals surface area contributed by atoms with Crippen molar-refractivity contribution in [2.24, 2.45) is 0 Å². The zero-order valence-electron chi connectivity index (χ0n) is 17.0. The van der Waals surface area contributed by atoms with Gasteiger partial charge in [0.25, 0.3) is 5.91 Å². The lowest BCUT2D eigenvalue weighted by atomic mass is 9.95. The smallest absolute Gasteiger partial charge is 0.322 e. The van der Waals surface area contributed by atoms with Gasteiger partial charge in [0, 0.05) is 12.7 Å². The molecule has 8 nitrogen and oxygen atoms in total. The molecule has 2 aliphatic heterocycles. The van der Waals surface area contributed by atoms with E-state index in [1.54, 1.807) is 31.3 Å². The first-order valence-electron chi connectivity index (χ1n) is 10.0. The molecule has 0 fully saturated rings. The molecule has 4 rings (SSSR count). The molecule has 1 unspecified atom stereocenters. The molecule has 3 heterocycles. The van der Waals surface area contributed by atoms with E-state index in [-0.39, 0.29) is 37.5 Å². The Hall–Kier alpha value is -3.75. The van der Waals surface area contributed by atoms with Gasteiger partial charge in [0.1, 0.15) is 12.4 Å². The van der Waals surface area contributed by atoms with Gasteiger partial charge < -0.3 is 15.5 Å². The number of amides is 4. The molecule has 160 valence electrons. The number of rotatable bonds is 6. The van der Waals surface area contributed by atoms with Gasteiger partial charge in [-0.05, 0) is 36.8 Å². The van der Waals surface area contributed by atoms with Gasteiger partial charge >= 0.3 is 6.03 Å². The van der Waals surface area contributed by atoms with Gasteiger partial charge in [0.2, 0.25) is 5.91 Å². The number of likely N-dealkylation sites (N-methyl/N-ethyl adjacent to an activating group) is 1. The molecule has 0 saturated carbocycles. The maximum absolute atomic E-state index is 13.8. The average molecular weight is 423 g/mol. The van der Waals surface area contributed by atoms with E-state index in [0.717, 1.165) is 0 Å². The third-order valence-corrected chi connectivity index (χ3v) is 5.32. The van der Waals surface area contributed by atoms with Crippen molar-refractivity contribution in [2.75, 3.05) is 19.6 Å². The summed E-state index contributed by atoms with van der Waals surface area (Å²) in [5.41, 5.74) is 2.10. The molecular formula is C22H22FN5O3. The van der Waals surface area contributed by atoms with Gasteiger partial charge in [-0.3, -0.25) is 19.5 Å². The Bertz CT molecular complexity index is 1060. The van der Waals surface area contributed by atoms with Crippen LogP contribution >= 0.6 is 0 Å². The number of carbonyl (C=O) groups excluding carboxylic acids is 3. The summed E-state index contributed by atoms with van der Waals surface area (Å²) in [6, 6.07) is 10.1. The topological polar surface area (TPSA) is 94.6 Å². The average Bonchev–Trinajstić information content (AvgIpc) is 3.08. The van der Waals surface area contributed by atoms with Gasteiger partial charge in [-0.1, -0.05) is 18.2 Å². The van der Waals surface area contributed by atoms with Crippen LogP contribution in [0.3, 0.4) is 0 Å². The van der Waals surface area contributed by atoms with Gasteiger partial charge in [-0.2, -0.15) is 0 Å². The first-order valence-corrected chi connectivity index (χ1v) is 10.0. The third kappa shape index (κ3) is 4.11. The maximum atomic E-state index is 13.8. The van der Waals surface area contributed by atoms with Crippen LogP contribution in [0.25, 0.3) is 0 Å². The zero-order chi connectivity index (χ0) is 22.0. The number of hydrogen-bond acceptors (Lipinski definition) is 4. The van der Waals surface area contributed by atoms with Crippen molar-refractivity contribution in [3.05, 3.63) is 77.0 Å². The maximum Gasteiger partial charge on any atom is 0.322 e. The number of nitrogens with zero attached hydrogens (tertiary/aromatic N) is 3. The molecule has 0 aliphatic carbocycles. The first kappa shape index (κ1) is 20.5. The van der Waals surface area contributed by atoms with E-state index in [4.69, 9.17) is 0 Å². The number of urea groups is 1. The molecule has 0 saturated heterocycles. The summed E-state index contributed by atoms with van der Waals surface area (Å²) in [6.45, 7) is 2.41. The summed E-state index contributed by atoms with van der Waals surface area (Å²) in [5.74, 6) is -1.14. The fourth-order valence-electron chi connectivity index (χ4n) is 3.87. The van der Waals surface area contributed by atoms with E-state index in [1.165, 1.54) is 28.0 Å². The lowest BCUT2D eigenvalue weighted by molar-refractivity contribution is -0.132. The van der Waals surface area contributed by atoms with Crippen LogP contribution in [-0.2, 0) is 16.1 Å². The Morgan fingerprint density at radius 3 is 2.81 bits per heavy atom. The van der Waals surface area contributed by atoms with E-state index in [1.807, 2.05) is 6.07 Å². The Kier molecular flexibility index (Phi) is 5.66. The predicted molar refractivity (Wildman–Crippen MR) is 110 cm³/mol. The molecule has 0 spiro atoms. The van der Waals surface area contributed by atoms with E-state index in [9.17, 15) is 18.8 Å². The van der Waals surface area contributed by atoms with Gasteiger partial charge in [0.15, 0.2) is 0 Å². The fourth-order valence-corrected chi connectivity index (χ4v) is 3.87. The van der Waals surface area contributed by atoms with E-state index >= 15 is 0 Å². The highest BCUT2D eigenvalue weighted by Crippen LogP contribution is 2.36. The van der Waals surface area contributed by atoms with Crippen molar-refractivity contribution in [1.29, 1.82) is 0 Å². The Morgan fingerprint density at radius 2 is 2.10 bits per heavy atom. The highest BCUT2D eigenvalue weighted by molar-refractivity contribution is 6.03. The minimum atomic E-state index is -0.768. The van der Waals surface area contributed by atoms with Crippen LogP contribution in [0.15, 0.2) is 59.9 Å². The number of pyridine rings is 1. The molecule has 9 heteroatoms. The Balaban J connectivity index is 1.52. The number of nitrogens with one attached hydrogen (secondary N) is 2. The summed E-state index contributed by atoms with van der Waals surface area (Å²) in [5, 5.41) is 5.54. The molecule has 2 aromatic rings. The van der Waals surface area contributed by atoms with Crippen LogP contribution in [0.1, 0.15) is 24.2 Å². The van der Waals surface area contributed by atoms with Crippen molar-refractivity contribution >= 4 is 17.8 Å². The van der Waals surface area contributed by atoms with Crippen molar-refractivity contribution in [2.45, 2.75) is 19.5 Å². The van der Waals surface area contributed by atoms with Gasteiger partial charge in [-0.25, -0.2) is 9.18 Å². The normalized spacial score (nSPS) is 18.2. The Morgan fingerprint density at radius 1 is 1.26 bits per heavy atom. The van der Waals surface area contributed by atoms with Crippen molar-refractivity contribution in [3.63, 3.8) is 0 Å². The zero-order valence-corrected chi connectivity index (χ0v) is 17.0. The standard InChI is InChI=1S/C22H22FN5O3/c1-2-28-17-12-27(13-18(29)25-11-16-8-3-4-9-24-16)21(30)19(17)20(26-22(28)31)14-6-5-7-15(23)10-14/h3-10,20H,2,11-13H2,1H3,(H,25,29)(H,26,31). The second-order valence-corrected chi connectivity index (χ2v) is 7.30. The molecule has 4 amide bonds. The van der Waals surface area contributed by atoms with E-state index < -0.39 is 11.9 Å². The summed E-state index contributed by atoms with van der Waals surface area (Å²) in [4.78, 5) is 45.3. The van der Waals surface area contributed by atoms with Crippen LogP contribution in [-0.4, -0.2) is 52.3 Å². The number of benzene rings is 1. The molecule has 2 aliphatic rings. The number of carbonyl (C=O) groups is 3. The Labute approximate surface area is 178 Å². The second-order valence-electron chi connectivity index (χ2n) is 7.30. The van der Waals surface area contributed by atoms with Crippen LogP contribution < -0.4 is 10.6 Å². The van der Waals surface area contributed by atoms with Gasteiger partial charge in [0.05, 0.1) is 36.1 Å². The number of halogens is 1. The molecule has 0 bridgehead atoms. The van der Waals surface area contributed by atoms with E-state index in [0.29, 0.717) is 29.1 Å². The minimum absolute atomic E-state index is 0.137. The van der Waals surface area contributed by atoms with Crippen LogP contribution in [0.5, 0.6) is 0 Å². The van der Waals surface area contributed by atoms with Crippen LogP contribution in [0.4, 0.5) is 9.18 Å². The third-order valence-electron chi connectivity index (χ3n) is 5.32. The minimum Gasteiger partial charge on any atom is -0.349 e. The monoisotopic (exact) mass is 423 g/mol. The summed E-state index contributed by atoms with van der Waals surface area (Å²) in [6.07, 6.45) is 1.64. The summed E-state index contributed by atoms with van der Waals surface area (Å²) < 4.78 is 13.8. The first-order chi connectivity index (χ1) is 15.0. The molecule has 1 aromatic heterocycles. The fraction of sp³-hybridized carbons (Fsp3) is 0.273. The van der Waals surface area contributed by atoms with Crippen LogP contribution in [0.2, 0.25) is 0 Å². The van der Waals surface area contributed by atoms with Crippen molar-refractivity contribution in [1.82, 2.24) is 25.4 Å². The lowest BCUT2D eigenvalue weighted by Crippen LogP contribution is -2.47. The van der Waals surface area contributed by atoms with Gasteiger partial charge in [-0.15, -0.1) is 0 Å². The quantitative estimate of drug-likeness (QED) is 0.740. The molecule has 1 atom stereocenters. The largest absolute Gasteiger partial charge is 0.349 e. The molecular weight excluding hydrogens is 401 g/mol. The highest BCUT2D eigenvalue weighted by Gasteiger charge is 2.44. The molecule has 2 N–H and O–H groups in total. The second kappa shape index (κ2) is 8.55. The lowest BCUT2D eigenvalue weighted by Gasteiger charge is -2.32. The SMILES string of the molecule is CCN1C(=O)NC(c2cccc(F)c2)C2=C1CN(CC(=O)NCc1ccccn1)C2=O. The number of hydrogen-bond donors (Lipinski definition) is 2.